The molecule has 0 heterocycles. The highest BCUT2D eigenvalue weighted by molar-refractivity contribution is 4.52. The predicted octanol–water partition coefficient (Wildman–Crippen LogP) is 3.15. The Bertz CT molecular complexity index is 64.9. The van der Waals surface area contributed by atoms with Crippen LogP contribution in [0.2, 0.25) is 0 Å². The molecule has 0 aromatic heterocycles. The minimum atomic E-state index is 0.500. The fourth-order valence-corrected chi connectivity index (χ4v) is 0.943. The van der Waals surface area contributed by atoms with E-state index in [2.05, 4.69) is 26.1 Å². The lowest BCUT2D eigenvalue weighted by atomic mass is 10.2. The molecule has 0 unspecified atom stereocenters. The van der Waals surface area contributed by atoms with Crippen molar-refractivity contribution in [3.63, 3.8) is 0 Å². The van der Waals surface area contributed by atoms with Crippen molar-refractivity contribution in [3.05, 3.63) is 0 Å². The minimum absolute atomic E-state index is 0.500. The molecule has 0 atom stereocenters. The second-order valence-electron chi connectivity index (χ2n) is 3.17. The molecule has 2 heteroatoms. The molecule has 76 valence electrons. The van der Waals surface area contributed by atoms with Gasteiger partial charge < -0.3 is 5.32 Å². The van der Waals surface area contributed by atoms with Gasteiger partial charge in [-0.2, -0.15) is 0 Å². The molecule has 0 saturated heterocycles. The van der Waals surface area contributed by atoms with Crippen LogP contribution in [0.5, 0.6) is 0 Å². The standard InChI is InChI=1S/C9H21N.CH3F/c1-4-5-6-7-8-10-9(2)3;1-2/h9-10H,4-8H2,1-3H3;1H3. The average molecular weight is 177 g/mol. The van der Waals surface area contributed by atoms with Crippen LogP contribution in [0.15, 0.2) is 0 Å². The summed E-state index contributed by atoms with van der Waals surface area (Å²) in [5, 5.41) is 3.40. The Balaban J connectivity index is 0. The second kappa shape index (κ2) is 13.5. The van der Waals surface area contributed by atoms with Gasteiger partial charge in [0.25, 0.3) is 0 Å². The number of nitrogens with one attached hydrogen (secondary N) is 1. The van der Waals surface area contributed by atoms with Gasteiger partial charge in [0.2, 0.25) is 0 Å². The number of hydrogen-bond donors (Lipinski definition) is 1. The zero-order valence-corrected chi connectivity index (χ0v) is 8.99. The molecular formula is C10H24FN. The van der Waals surface area contributed by atoms with Crippen molar-refractivity contribution in [2.24, 2.45) is 0 Å². The highest BCUT2D eigenvalue weighted by Gasteiger charge is 1.90. The fraction of sp³-hybridized carbons (Fsp3) is 1.00. The van der Waals surface area contributed by atoms with Crippen molar-refractivity contribution in [2.75, 3.05) is 13.7 Å². The summed E-state index contributed by atoms with van der Waals surface area (Å²) in [6, 6.07) is 0.654. The molecule has 1 nitrogen and oxygen atoms in total. The molecule has 12 heavy (non-hydrogen) atoms. The SMILES string of the molecule is CCCCCCNC(C)C.CF. The van der Waals surface area contributed by atoms with Gasteiger partial charge in [0, 0.05) is 6.04 Å². The molecule has 0 bridgehead atoms. The third kappa shape index (κ3) is 16.5. The largest absolute Gasteiger partial charge is 0.315 e. The maximum atomic E-state index is 9.50. The van der Waals surface area contributed by atoms with Crippen LogP contribution < -0.4 is 5.32 Å². The first-order valence-corrected chi connectivity index (χ1v) is 4.88. The van der Waals surface area contributed by atoms with Crippen LogP contribution in [0.3, 0.4) is 0 Å². The van der Waals surface area contributed by atoms with Gasteiger partial charge in [0.1, 0.15) is 0 Å². The lowest BCUT2D eigenvalue weighted by molar-refractivity contribution is 0.546. The van der Waals surface area contributed by atoms with Gasteiger partial charge in [-0.3, -0.25) is 4.39 Å². The first-order chi connectivity index (χ1) is 5.77. The van der Waals surface area contributed by atoms with Crippen LogP contribution >= 0.6 is 0 Å². The molecule has 0 aliphatic carbocycles. The zero-order chi connectivity index (χ0) is 9.82. The topological polar surface area (TPSA) is 12.0 Å². The first kappa shape index (κ1) is 14.4. The maximum Gasteiger partial charge on any atom is 0.0785 e. The molecule has 0 saturated carbocycles. The van der Waals surface area contributed by atoms with Gasteiger partial charge in [-0.25, -0.2) is 0 Å². The fourth-order valence-electron chi connectivity index (χ4n) is 0.943. The van der Waals surface area contributed by atoms with Crippen LogP contribution in [0.25, 0.3) is 0 Å². The second-order valence-corrected chi connectivity index (χ2v) is 3.17. The van der Waals surface area contributed by atoms with E-state index in [-0.39, 0.29) is 0 Å². The van der Waals surface area contributed by atoms with Crippen molar-refractivity contribution < 1.29 is 4.39 Å². The van der Waals surface area contributed by atoms with E-state index in [9.17, 15) is 4.39 Å². The van der Waals surface area contributed by atoms with Crippen LogP contribution in [0.4, 0.5) is 4.39 Å². The van der Waals surface area contributed by atoms with E-state index in [1.165, 1.54) is 32.2 Å². The zero-order valence-electron chi connectivity index (χ0n) is 8.99. The van der Waals surface area contributed by atoms with E-state index in [0.717, 1.165) is 0 Å². The minimum Gasteiger partial charge on any atom is -0.315 e. The summed E-state index contributed by atoms with van der Waals surface area (Å²) >= 11 is 0. The Morgan fingerprint density at radius 1 is 1.08 bits per heavy atom. The molecule has 0 aromatic rings. The normalized spacial score (nSPS) is 9.50. The van der Waals surface area contributed by atoms with Crippen molar-refractivity contribution >= 4 is 0 Å². The van der Waals surface area contributed by atoms with Crippen LogP contribution in [-0.2, 0) is 0 Å². The van der Waals surface area contributed by atoms with Gasteiger partial charge in [-0.15, -0.1) is 0 Å². The highest BCUT2D eigenvalue weighted by Crippen LogP contribution is 1.97. The van der Waals surface area contributed by atoms with Crippen molar-refractivity contribution in [2.45, 2.75) is 52.5 Å². The van der Waals surface area contributed by atoms with Crippen LogP contribution in [-0.4, -0.2) is 19.8 Å². The molecular weight excluding hydrogens is 153 g/mol. The molecule has 0 radical (unpaired) electrons. The Morgan fingerprint density at radius 2 is 1.67 bits per heavy atom. The predicted molar refractivity (Wildman–Crippen MR) is 54.3 cm³/mol. The van der Waals surface area contributed by atoms with Crippen molar-refractivity contribution in [3.8, 4) is 0 Å². The molecule has 0 rings (SSSR count). The molecule has 0 spiro atoms. The molecule has 0 aliphatic heterocycles. The quantitative estimate of drug-likeness (QED) is 0.615. The van der Waals surface area contributed by atoms with Crippen molar-refractivity contribution in [1.29, 1.82) is 0 Å². The third-order valence-electron chi connectivity index (χ3n) is 1.58. The summed E-state index contributed by atoms with van der Waals surface area (Å²) in [5.41, 5.74) is 0. The molecule has 0 aliphatic rings. The molecule has 0 fully saturated rings. The van der Waals surface area contributed by atoms with Gasteiger partial charge in [0.15, 0.2) is 0 Å². The van der Waals surface area contributed by atoms with Gasteiger partial charge in [-0.05, 0) is 13.0 Å². The van der Waals surface area contributed by atoms with E-state index in [1.54, 1.807) is 0 Å². The summed E-state index contributed by atoms with van der Waals surface area (Å²) in [6.07, 6.45) is 5.45. The number of hydrogen-bond acceptors (Lipinski definition) is 1. The van der Waals surface area contributed by atoms with E-state index >= 15 is 0 Å². The Labute approximate surface area is 76.7 Å². The first-order valence-electron chi connectivity index (χ1n) is 4.88. The summed E-state index contributed by atoms with van der Waals surface area (Å²) in [7, 11) is 0.500. The lowest BCUT2D eigenvalue weighted by Crippen LogP contribution is -2.23. The lowest BCUT2D eigenvalue weighted by Gasteiger charge is -2.06. The summed E-state index contributed by atoms with van der Waals surface area (Å²) in [6.45, 7) is 7.83. The number of halogens is 1. The van der Waals surface area contributed by atoms with E-state index in [4.69, 9.17) is 0 Å². The third-order valence-corrected chi connectivity index (χ3v) is 1.58. The Morgan fingerprint density at radius 3 is 2.08 bits per heavy atom. The summed E-state index contributed by atoms with van der Waals surface area (Å²) in [5.74, 6) is 0. The van der Waals surface area contributed by atoms with Crippen LogP contribution in [0, 0.1) is 0 Å². The summed E-state index contributed by atoms with van der Waals surface area (Å²) in [4.78, 5) is 0. The van der Waals surface area contributed by atoms with Gasteiger partial charge in [-0.1, -0.05) is 40.0 Å². The maximum absolute atomic E-state index is 9.50. The Hall–Kier alpha value is -0.110. The average Bonchev–Trinajstić information content (AvgIpc) is 2.07. The van der Waals surface area contributed by atoms with Gasteiger partial charge >= 0.3 is 0 Å². The number of alkyl halides is 1. The smallest absolute Gasteiger partial charge is 0.0785 e. The van der Waals surface area contributed by atoms with Crippen LogP contribution in [0.1, 0.15) is 46.5 Å². The summed E-state index contributed by atoms with van der Waals surface area (Å²) < 4.78 is 9.50. The van der Waals surface area contributed by atoms with E-state index in [0.29, 0.717) is 13.2 Å². The van der Waals surface area contributed by atoms with Gasteiger partial charge in [0.05, 0.1) is 7.18 Å². The van der Waals surface area contributed by atoms with Crippen molar-refractivity contribution in [1.82, 2.24) is 5.32 Å². The number of rotatable bonds is 6. The highest BCUT2D eigenvalue weighted by atomic mass is 19.1. The van der Waals surface area contributed by atoms with E-state index < -0.39 is 0 Å². The molecule has 0 amide bonds. The monoisotopic (exact) mass is 177 g/mol. The molecule has 0 aromatic carbocycles. The number of unbranched alkanes of at least 4 members (excludes halogenated alkanes) is 3. The van der Waals surface area contributed by atoms with E-state index in [1.807, 2.05) is 0 Å². The molecule has 1 N–H and O–H groups in total. The Kier molecular flexibility index (Phi) is 16.2.